The Morgan fingerprint density at radius 2 is 1.68 bits per heavy atom. The van der Waals surface area contributed by atoms with Gasteiger partial charge in [-0.15, -0.1) is 0 Å². The number of nitrogens with zero attached hydrogens (tertiary/aromatic N) is 4. The van der Waals surface area contributed by atoms with Crippen LogP contribution in [0.5, 0.6) is 0 Å². The second-order valence-corrected chi connectivity index (χ2v) is 13.0. The molecule has 0 saturated heterocycles. The minimum atomic E-state index is -3.77. The third-order valence-electron chi connectivity index (χ3n) is 6.06. The van der Waals surface area contributed by atoms with Crippen molar-refractivity contribution in [1.29, 1.82) is 0 Å². The molecule has 2 unspecified atom stereocenters. The molecule has 2 aromatic heterocycles. The van der Waals surface area contributed by atoms with Crippen LogP contribution in [0.2, 0.25) is 5.02 Å². The van der Waals surface area contributed by atoms with Gasteiger partial charge in [-0.3, -0.25) is 0 Å². The first-order valence-electron chi connectivity index (χ1n) is 11.5. The van der Waals surface area contributed by atoms with Gasteiger partial charge in [-0.05, 0) is 0 Å². The van der Waals surface area contributed by atoms with Gasteiger partial charge in [0.05, 0.1) is 0 Å². The van der Waals surface area contributed by atoms with Crippen LogP contribution in [0.4, 0.5) is 23.4 Å². The van der Waals surface area contributed by atoms with Crippen LogP contribution in [0.3, 0.4) is 0 Å². The molecule has 0 saturated carbocycles. The van der Waals surface area contributed by atoms with Crippen LogP contribution >= 0.6 is 11.6 Å². The number of aryl methyl sites for hydroxylation is 1. The molecule has 0 amide bonds. The predicted octanol–water partition coefficient (Wildman–Crippen LogP) is 3.77. The van der Waals surface area contributed by atoms with Gasteiger partial charge < -0.3 is 0 Å². The van der Waals surface area contributed by atoms with Crippen LogP contribution in [0.15, 0.2) is 47.3 Å². The van der Waals surface area contributed by atoms with Crippen molar-refractivity contribution >= 4 is 66.1 Å². The van der Waals surface area contributed by atoms with Gasteiger partial charge in [0.25, 0.3) is 0 Å². The van der Waals surface area contributed by atoms with Gasteiger partial charge in [0, 0.05) is 0 Å². The maximum atomic E-state index is 14.9. The summed E-state index contributed by atoms with van der Waals surface area (Å²) in [6.07, 6.45) is 0.968. The molecule has 1 N–H and O–H groups in total. The third kappa shape index (κ3) is 5.20. The van der Waals surface area contributed by atoms with Gasteiger partial charge in [-0.1, -0.05) is 0 Å². The van der Waals surface area contributed by atoms with Crippen LogP contribution in [0.25, 0.3) is 27.5 Å². The van der Waals surface area contributed by atoms with E-state index in [2.05, 4.69) is 14.8 Å². The van der Waals surface area contributed by atoms with Gasteiger partial charge >= 0.3 is 239 Å². The van der Waals surface area contributed by atoms with E-state index in [9.17, 15) is 30.8 Å². The van der Waals surface area contributed by atoms with E-state index in [1.807, 2.05) is 0 Å². The molecule has 15 heteroatoms. The van der Waals surface area contributed by atoms with E-state index >= 15 is 0 Å². The minimum absolute atomic E-state index is 0.0351. The Kier molecular flexibility index (Phi) is 7.18. The Labute approximate surface area is 238 Å². The van der Waals surface area contributed by atoms with E-state index in [0.29, 0.717) is 6.07 Å². The molecule has 0 aliphatic heterocycles. The number of aromatic nitrogens is 4. The Balaban J connectivity index is 1.84. The number of benzene rings is 3. The van der Waals surface area contributed by atoms with Crippen LogP contribution in [0.1, 0.15) is 16.1 Å². The first-order chi connectivity index (χ1) is 18.7. The van der Waals surface area contributed by atoms with E-state index < -0.39 is 48.9 Å². The number of halogens is 5. The van der Waals surface area contributed by atoms with Crippen LogP contribution in [-0.4, -0.2) is 50.9 Å². The topological polar surface area (TPSA) is 98.9 Å². The summed E-state index contributed by atoms with van der Waals surface area (Å²) in [6, 6.07) is 7.36. The maximum absolute atomic E-state index is 14.9. The van der Waals surface area contributed by atoms with Crippen molar-refractivity contribution in [3.05, 3.63) is 92.5 Å². The fourth-order valence-corrected chi connectivity index (χ4v) is 6.37. The zero-order valence-electron chi connectivity index (χ0n) is 20.7. The normalized spacial score (nSPS) is 12.8. The van der Waals surface area contributed by atoms with Crippen molar-refractivity contribution in [2.24, 2.45) is 7.05 Å². The van der Waals surface area contributed by atoms with Crippen molar-refractivity contribution in [3.8, 4) is 5.69 Å². The van der Waals surface area contributed by atoms with E-state index in [0.717, 1.165) is 51.9 Å². The molecule has 5 aromatic rings. The average Bonchev–Trinajstić information content (AvgIpc) is 3.13. The molecular formula is C25H19AsClF4N5O3S. The van der Waals surface area contributed by atoms with Gasteiger partial charge in [-0.25, -0.2) is 0 Å². The number of hydrogen-bond acceptors (Lipinski definition) is 5. The van der Waals surface area contributed by atoms with Gasteiger partial charge in [0.2, 0.25) is 0 Å². The molecule has 2 heterocycles. The summed E-state index contributed by atoms with van der Waals surface area (Å²) >= 11 is 7.46. The third-order valence-corrected chi connectivity index (χ3v) is 8.06. The fourth-order valence-electron chi connectivity index (χ4n) is 4.59. The zero-order chi connectivity index (χ0) is 29.1. The summed E-state index contributed by atoms with van der Waals surface area (Å²) in [7, 11) is -2.28. The Bertz CT molecular complexity index is 2000. The number of fused-ring (bicyclic) bond motifs is 2. The SMILES string of the molecule is Cn1nc(NS(C)(=O)=O)c2c(Cl)ccc(-n3c(C([AsH2])Cc4cc(F)cc(F)c4)nc4cc(F)cc(F)c4c3=O)c21. The molecule has 0 aliphatic rings. The van der Waals surface area contributed by atoms with Crippen molar-refractivity contribution in [3.63, 3.8) is 0 Å². The molecule has 40 heavy (non-hydrogen) atoms. The number of anilines is 1. The molecule has 208 valence electrons. The summed E-state index contributed by atoms with van der Waals surface area (Å²) in [4.78, 5) is 18.3. The monoisotopic (exact) mass is 655 g/mol. The summed E-state index contributed by atoms with van der Waals surface area (Å²) in [6.45, 7) is 0. The molecule has 0 fully saturated rings. The first kappa shape index (κ1) is 28.1. The summed E-state index contributed by atoms with van der Waals surface area (Å²) in [5.74, 6) is -3.70. The molecule has 2 atom stereocenters. The number of rotatable bonds is 6. The van der Waals surface area contributed by atoms with Crippen LogP contribution < -0.4 is 10.3 Å². The second kappa shape index (κ2) is 10.2. The molecule has 0 radical (unpaired) electrons. The fraction of sp³-hybridized carbons (Fsp3) is 0.160. The van der Waals surface area contributed by atoms with E-state index in [1.54, 1.807) is 0 Å². The van der Waals surface area contributed by atoms with E-state index in [1.165, 1.54) is 23.9 Å². The van der Waals surface area contributed by atoms with Gasteiger partial charge in [0.1, 0.15) is 0 Å². The number of nitrogens with one attached hydrogen (secondary N) is 1. The Morgan fingerprint density at radius 1 is 1.02 bits per heavy atom. The van der Waals surface area contributed by atoms with Crippen molar-refractivity contribution in [2.45, 2.75) is 11.1 Å². The predicted molar refractivity (Wildman–Crippen MR) is 146 cm³/mol. The quantitative estimate of drug-likeness (QED) is 0.222. The molecule has 5 rings (SSSR count). The first-order valence-corrected chi connectivity index (χ1v) is 15.2. The summed E-state index contributed by atoms with van der Waals surface area (Å²) in [5.41, 5.74) is -0.506. The van der Waals surface area contributed by atoms with Crippen molar-refractivity contribution < 1.29 is 26.0 Å². The summed E-state index contributed by atoms with van der Waals surface area (Å²) < 4.78 is 84.8. The standard InChI is InChI=1S/C25H19AsClF4N5O3S/c1-35-22-19(4-3-16(27)20(22)23(33-35)34-40(2,38)39)36-24(15(26)7-11-5-12(28)8-13(29)6-11)32-18-10-14(30)9-17(31)21(18)25(36)37/h3-6,8-10,15H,7,26H2,1-2H3,(H,33,34). The van der Waals surface area contributed by atoms with Crippen molar-refractivity contribution in [1.82, 2.24) is 19.3 Å². The number of hydrogen-bond donors (Lipinski definition) is 1. The van der Waals surface area contributed by atoms with Crippen LogP contribution in [-0.2, 0) is 23.5 Å². The molecule has 0 aliphatic carbocycles. The van der Waals surface area contributed by atoms with Crippen molar-refractivity contribution in [2.75, 3.05) is 11.0 Å². The molecular weight excluding hydrogens is 637 g/mol. The Hall–Kier alpha value is -3.41. The number of sulfonamides is 1. The molecule has 8 nitrogen and oxygen atoms in total. The second-order valence-electron chi connectivity index (χ2n) is 9.12. The zero-order valence-corrected chi connectivity index (χ0v) is 24.7. The van der Waals surface area contributed by atoms with Gasteiger partial charge in [-0.2, -0.15) is 0 Å². The van der Waals surface area contributed by atoms with E-state index in [-0.39, 0.29) is 50.8 Å². The van der Waals surface area contributed by atoms with E-state index in [4.69, 9.17) is 11.6 Å². The molecule has 3 aromatic carbocycles. The Morgan fingerprint density at radius 3 is 2.33 bits per heavy atom. The molecule has 0 spiro atoms. The van der Waals surface area contributed by atoms with Crippen LogP contribution in [0, 0.1) is 23.3 Å². The average molecular weight is 656 g/mol. The summed E-state index contributed by atoms with van der Waals surface area (Å²) in [5, 5.41) is 4.00. The van der Waals surface area contributed by atoms with Gasteiger partial charge in [0.15, 0.2) is 0 Å². The molecule has 0 bridgehead atoms.